The summed E-state index contributed by atoms with van der Waals surface area (Å²) >= 11 is 0. The summed E-state index contributed by atoms with van der Waals surface area (Å²) in [4.78, 5) is 71.2. The van der Waals surface area contributed by atoms with Crippen molar-refractivity contribution < 1.29 is 38.2 Å². The van der Waals surface area contributed by atoms with E-state index in [4.69, 9.17) is 14.2 Å². The normalized spacial score (nSPS) is 19.1. The molecule has 0 radical (unpaired) electrons. The smallest absolute Gasteiger partial charge is 0.328 e. The number of amides is 4. The molecule has 1 aromatic carbocycles. The van der Waals surface area contributed by atoms with E-state index in [-0.39, 0.29) is 60.3 Å². The molecule has 2 rings (SSSR count). The molecule has 13 heteroatoms. The van der Waals surface area contributed by atoms with Crippen molar-refractivity contribution in [2.24, 2.45) is 23.7 Å². The number of methoxy groups -OCH3 is 3. The fourth-order valence-corrected chi connectivity index (χ4v) is 7.54. The van der Waals surface area contributed by atoms with Gasteiger partial charge in [0.2, 0.25) is 23.6 Å². The van der Waals surface area contributed by atoms with Crippen LogP contribution < -0.4 is 16.0 Å². The lowest BCUT2D eigenvalue weighted by atomic mass is 9.89. The molecule has 300 valence electrons. The molecule has 3 N–H and O–H groups in total. The summed E-state index contributed by atoms with van der Waals surface area (Å²) < 4.78 is 16.9. The van der Waals surface area contributed by atoms with Crippen molar-refractivity contribution in [2.75, 3.05) is 42.0 Å². The van der Waals surface area contributed by atoms with Crippen molar-refractivity contribution in [1.82, 2.24) is 25.8 Å². The van der Waals surface area contributed by atoms with Crippen LogP contribution in [0, 0.1) is 23.7 Å². The summed E-state index contributed by atoms with van der Waals surface area (Å²) in [7, 11) is 7.81. The molecule has 1 aliphatic heterocycles. The first-order chi connectivity index (χ1) is 25.1. The second-order valence-corrected chi connectivity index (χ2v) is 15.1. The van der Waals surface area contributed by atoms with Crippen LogP contribution in [-0.4, -0.2) is 124 Å². The van der Waals surface area contributed by atoms with E-state index in [9.17, 15) is 24.0 Å². The van der Waals surface area contributed by atoms with Crippen LogP contribution in [0.15, 0.2) is 30.3 Å². The number of hydrogen-bond acceptors (Lipinski definition) is 9. The molecule has 0 spiro atoms. The average Bonchev–Trinajstić information content (AvgIpc) is 3.62. The summed E-state index contributed by atoms with van der Waals surface area (Å²) in [5.74, 6) is -2.47. The van der Waals surface area contributed by atoms with Gasteiger partial charge in [-0.1, -0.05) is 85.2 Å². The molecule has 1 aromatic rings. The minimum Gasteiger partial charge on any atom is -0.467 e. The Hall–Kier alpha value is -3.55. The number of nitrogens with one attached hydrogen (secondary N) is 3. The van der Waals surface area contributed by atoms with Gasteiger partial charge >= 0.3 is 5.97 Å². The molecule has 9 atom stereocenters. The Morgan fingerprint density at radius 1 is 0.887 bits per heavy atom. The first-order valence-electron chi connectivity index (χ1n) is 19.1. The molecule has 0 bridgehead atoms. The third kappa shape index (κ3) is 12.2. The second-order valence-electron chi connectivity index (χ2n) is 15.1. The van der Waals surface area contributed by atoms with E-state index in [1.54, 1.807) is 37.9 Å². The predicted octanol–water partition coefficient (Wildman–Crippen LogP) is 3.19. The number of likely N-dealkylation sites (tertiary alicyclic amines) is 1. The number of carbonyl (C=O) groups is 5. The van der Waals surface area contributed by atoms with Gasteiger partial charge < -0.3 is 40.0 Å². The topological polar surface area (TPSA) is 156 Å². The minimum atomic E-state index is -0.889. The van der Waals surface area contributed by atoms with E-state index in [0.717, 1.165) is 18.4 Å². The molecule has 1 fully saturated rings. The average molecular weight is 746 g/mol. The predicted molar refractivity (Wildman–Crippen MR) is 205 cm³/mol. The minimum absolute atomic E-state index is 0.00596. The first kappa shape index (κ1) is 45.6. The molecule has 53 heavy (non-hydrogen) atoms. The first-order valence-corrected chi connectivity index (χ1v) is 19.1. The van der Waals surface area contributed by atoms with Gasteiger partial charge in [-0.05, 0) is 43.2 Å². The zero-order chi connectivity index (χ0) is 40.0. The number of hydrogen-bond donors (Lipinski definition) is 3. The lowest BCUT2D eigenvalue weighted by Gasteiger charge is -2.41. The third-order valence-corrected chi connectivity index (χ3v) is 10.8. The van der Waals surface area contributed by atoms with E-state index >= 15 is 0 Å². The molecule has 0 aliphatic carbocycles. The van der Waals surface area contributed by atoms with Gasteiger partial charge in [0, 0.05) is 34.2 Å². The van der Waals surface area contributed by atoms with Crippen LogP contribution in [0.5, 0.6) is 0 Å². The molecule has 4 amide bonds. The molecule has 1 aliphatic rings. The number of nitrogens with zero attached hydrogens (tertiary/aromatic N) is 2. The highest BCUT2D eigenvalue weighted by Crippen LogP contribution is 2.30. The van der Waals surface area contributed by atoms with Crippen LogP contribution in [0.4, 0.5) is 0 Å². The quantitative estimate of drug-likeness (QED) is 0.161. The number of carbonyl (C=O) groups excluding carboxylic acids is 5. The van der Waals surface area contributed by atoms with Crippen molar-refractivity contribution >= 4 is 29.6 Å². The molecule has 13 nitrogen and oxygen atoms in total. The van der Waals surface area contributed by atoms with Crippen molar-refractivity contribution in [1.29, 1.82) is 0 Å². The van der Waals surface area contributed by atoms with Gasteiger partial charge in [0.1, 0.15) is 12.1 Å². The fraction of sp³-hybridized carbons (Fsp3) is 0.725. The zero-order valence-corrected chi connectivity index (χ0v) is 34.1. The molecule has 1 unspecified atom stereocenters. The molecule has 0 saturated carbocycles. The highest BCUT2D eigenvalue weighted by Gasteiger charge is 2.43. The van der Waals surface area contributed by atoms with Gasteiger partial charge in [-0.2, -0.15) is 0 Å². The lowest BCUT2D eigenvalue weighted by molar-refractivity contribution is -0.148. The number of rotatable bonds is 21. The van der Waals surface area contributed by atoms with E-state index < -0.39 is 48.3 Å². The Labute approximate surface area is 317 Å². The Morgan fingerprint density at radius 3 is 2.02 bits per heavy atom. The van der Waals surface area contributed by atoms with Crippen LogP contribution in [0.3, 0.4) is 0 Å². The molecule has 0 aromatic heterocycles. The summed E-state index contributed by atoms with van der Waals surface area (Å²) in [6.45, 7) is 14.0. The van der Waals surface area contributed by atoms with Crippen LogP contribution in [0.1, 0.15) is 79.7 Å². The van der Waals surface area contributed by atoms with Gasteiger partial charge in [0.05, 0.1) is 49.8 Å². The second kappa shape index (κ2) is 22.0. The monoisotopic (exact) mass is 745 g/mol. The Kier molecular flexibility index (Phi) is 18.9. The molecular weight excluding hydrogens is 678 g/mol. The van der Waals surface area contributed by atoms with Crippen molar-refractivity contribution in [3.05, 3.63) is 35.9 Å². The van der Waals surface area contributed by atoms with E-state index in [1.165, 1.54) is 14.2 Å². The van der Waals surface area contributed by atoms with Crippen LogP contribution in [0.25, 0.3) is 0 Å². The summed E-state index contributed by atoms with van der Waals surface area (Å²) in [5.41, 5.74) is 0.875. The maximum Gasteiger partial charge on any atom is 0.328 e. The maximum absolute atomic E-state index is 14.2. The Morgan fingerprint density at radius 2 is 1.51 bits per heavy atom. The van der Waals surface area contributed by atoms with Gasteiger partial charge in [-0.25, -0.2) is 4.79 Å². The number of benzene rings is 1. The molecular formula is C40H67N5O8. The third-order valence-electron chi connectivity index (χ3n) is 10.8. The van der Waals surface area contributed by atoms with Crippen LogP contribution >= 0.6 is 0 Å². The SMILES string of the molecule is CCC(C)[C@@H]([C@@H](CC(=O)N1CCC[C@H]1[C@H](OC)[C@@H](C)C(=O)N[C@@H](Cc1ccccc1)C(=O)OC)OC)N(C)C(=O)[C@@H](NC(=O)[C@@H](NC)C(C)C)C(C)C. The highest BCUT2D eigenvalue weighted by atomic mass is 16.5. The summed E-state index contributed by atoms with van der Waals surface area (Å²) in [6, 6.07) is 6.41. The lowest BCUT2D eigenvalue weighted by Crippen LogP contribution is -2.59. The highest BCUT2D eigenvalue weighted by molar-refractivity contribution is 5.90. The number of esters is 1. The van der Waals surface area contributed by atoms with Crippen LogP contribution in [-0.2, 0) is 44.6 Å². The summed E-state index contributed by atoms with van der Waals surface area (Å²) in [6.07, 6.45) is 1.08. The van der Waals surface area contributed by atoms with E-state index in [0.29, 0.717) is 13.0 Å². The van der Waals surface area contributed by atoms with Crippen molar-refractivity contribution in [3.63, 3.8) is 0 Å². The van der Waals surface area contributed by atoms with E-state index in [1.807, 2.05) is 71.9 Å². The van der Waals surface area contributed by atoms with Gasteiger partial charge in [0.15, 0.2) is 0 Å². The van der Waals surface area contributed by atoms with Gasteiger partial charge in [-0.3, -0.25) is 19.2 Å². The number of ether oxygens (including phenoxy) is 3. The molecule has 1 heterocycles. The van der Waals surface area contributed by atoms with Gasteiger partial charge in [-0.15, -0.1) is 0 Å². The van der Waals surface area contributed by atoms with Crippen molar-refractivity contribution in [2.45, 2.75) is 123 Å². The Bertz CT molecular complexity index is 1330. The summed E-state index contributed by atoms with van der Waals surface area (Å²) in [5, 5.41) is 8.88. The zero-order valence-electron chi connectivity index (χ0n) is 34.1. The van der Waals surface area contributed by atoms with E-state index in [2.05, 4.69) is 16.0 Å². The number of likely N-dealkylation sites (N-methyl/N-ethyl adjacent to an activating group) is 2. The van der Waals surface area contributed by atoms with Crippen molar-refractivity contribution in [3.8, 4) is 0 Å². The Balaban J connectivity index is 2.27. The van der Waals surface area contributed by atoms with Gasteiger partial charge in [0.25, 0.3) is 0 Å². The largest absolute Gasteiger partial charge is 0.467 e. The maximum atomic E-state index is 14.2. The molecule has 1 saturated heterocycles. The van der Waals surface area contributed by atoms with Crippen LogP contribution in [0.2, 0.25) is 0 Å². The fourth-order valence-electron chi connectivity index (χ4n) is 7.54. The standard InChI is InChI=1S/C40H67N5O8/c1-13-26(6)35(44(9)39(49)34(25(4)5)43-38(48)33(41-8)24(2)3)31(51-10)23-32(46)45-21-17-20-30(45)36(52-11)27(7)37(47)42-29(40(50)53-12)22-28-18-15-14-16-19-28/h14-16,18-19,24-27,29-31,33-36,41H,13,17,20-23H2,1-12H3,(H,42,47)(H,43,48)/t26?,27-,29+,30+,31-,33+,34+,35+,36-/m1/s1.